The fourth-order valence-corrected chi connectivity index (χ4v) is 3.86. The summed E-state index contributed by atoms with van der Waals surface area (Å²) in [6.45, 7) is 3.51. The van der Waals surface area contributed by atoms with Crippen LogP contribution in [-0.2, 0) is 17.8 Å². The van der Waals surface area contributed by atoms with E-state index in [0.29, 0.717) is 10.7 Å². The highest BCUT2D eigenvalue weighted by atomic mass is 35.5. The molecule has 2 amide bonds. The zero-order valence-corrected chi connectivity index (χ0v) is 17.9. The molecule has 2 aromatic carbocycles. The highest BCUT2D eigenvalue weighted by Gasteiger charge is 2.32. The molecule has 0 saturated carbocycles. The van der Waals surface area contributed by atoms with Gasteiger partial charge in [0.05, 0.1) is 0 Å². The molecule has 1 aliphatic heterocycles. The molecular formula is C23H21ClN4O3. The Bertz CT molecular complexity index is 1240. The van der Waals surface area contributed by atoms with Gasteiger partial charge in [0, 0.05) is 28.5 Å². The van der Waals surface area contributed by atoms with Crippen LogP contribution in [-0.4, -0.2) is 27.6 Å². The van der Waals surface area contributed by atoms with Crippen molar-refractivity contribution in [2.75, 3.05) is 10.2 Å². The molecule has 158 valence electrons. The summed E-state index contributed by atoms with van der Waals surface area (Å²) < 4.78 is 0.991. The topological polar surface area (TPSA) is 84.3 Å². The molecule has 0 bridgehead atoms. The predicted octanol–water partition coefficient (Wildman–Crippen LogP) is 3.44. The lowest BCUT2D eigenvalue weighted by molar-refractivity contribution is -0.117. The molecule has 4 rings (SSSR count). The third kappa shape index (κ3) is 4.22. The molecule has 0 aliphatic carbocycles. The van der Waals surface area contributed by atoms with E-state index in [4.69, 9.17) is 11.6 Å². The smallest absolute Gasteiger partial charge is 0.278 e. The van der Waals surface area contributed by atoms with Crippen LogP contribution in [0.25, 0.3) is 0 Å². The van der Waals surface area contributed by atoms with E-state index in [1.165, 1.54) is 12.1 Å². The van der Waals surface area contributed by atoms with E-state index in [1.807, 2.05) is 38.1 Å². The molecular weight excluding hydrogens is 416 g/mol. The van der Waals surface area contributed by atoms with Gasteiger partial charge in [0.2, 0.25) is 5.91 Å². The molecule has 1 aliphatic rings. The summed E-state index contributed by atoms with van der Waals surface area (Å²) in [7, 11) is 0. The van der Waals surface area contributed by atoms with Crippen LogP contribution in [0.4, 0.5) is 11.4 Å². The number of benzene rings is 2. The lowest BCUT2D eigenvalue weighted by Crippen LogP contribution is -2.38. The molecule has 1 atom stereocenters. The maximum absolute atomic E-state index is 13.2. The summed E-state index contributed by atoms with van der Waals surface area (Å²) in [5, 5.41) is 7.38. The SMILES string of the molecule is Cc1ccc(NC(=O)Cn2nc(C(=O)N3c4ccccc4C[C@@H]3C)ccc2=O)cc1Cl. The minimum atomic E-state index is -0.469. The number of carbonyl (C=O) groups is 2. The number of hydrogen-bond donors (Lipinski definition) is 1. The molecule has 3 aromatic rings. The molecule has 8 heteroatoms. The normalized spacial score (nSPS) is 14.9. The highest BCUT2D eigenvalue weighted by Crippen LogP contribution is 2.32. The average Bonchev–Trinajstić information content (AvgIpc) is 3.07. The van der Waals surface area contributed by atoms with E-state index in [-0.39, 0.29) is 24.2 Å². The van der Waals surface area contributed by atoms with Crippen molar-refractivity contribution in [1.29, 1.82) is 0 Å². The predicted molar refractivity (Wildman–Crippen MR) is 120 cm³/mol. The minimum Gasteiger partial charge on any atom is -0.324 e. The summed E-state index contributed by atoms with van der Waals surface area (Å²) >= 11 is 6.09. The number of aromatic nitrogens is 2. The molecule has 31 heavy (non-hydrogen) atoms. The number of rotatable bonds is 4. The molecule has 0 fully saturated rings. The fourth-order valence-electron chi connectivity index (χ4n) is 3.68. The maximum Gasteiger partial charge on any atom is 0.278 e. The van der Waals surface area contributed by atoms with Gasteiger partial charge >= 0.3 is 0 Å². The van der Waals surface area contributed by atoms with Crippen LogP contribution in [0.3, 0.4) is 0 Å². The lowest BCUT2D eigenvalue weighted by atomic mass is 10.1. The minimum absolute atomic E-state index is 0.0262. The molecule has 0 radical (unpaired) electrons. The van der Waals surface area contributed by atoms with E-state index in [9.17, 15) is 14.4 Å². The van der Waals surface area contributed by atoms with Gasteiger partial charge in [-0.05, 0) is 55.7 Å². The number of anilines is 2. The zero-order valence-electron chi connectivity index (χ0n) is 17.1. The Morgan fingerprint density at radius 2 is 1.94 bits per heavy atom. The summed E-state index contributed by atoms with van der Waals surface area (Å²) in [4.78, 5) is 39.5. The quantitative estimate of drug-likeness (QED) is 0.679. The second-order valence-electron chi connectivity index (χ2n) is 7.58. The number of amides is 2. The Kier molecular flexibility index (Phi) is 5.61. The second-order valence-corrected chi connectivity index (χ2v) is 7.99. The fraction of sp³-hybridized carbons (Fsp3) is 0.217. The third-order valence-corrected chi connectivity index (χ3v) is 5.67. The number of hydrogen-bond acceptors (Lipinski definition) is 4. The van der Waals surface area contributed by atoms with Crippen molar-refractivity contribution in [3.05, 3.63) is 86.8 Å². The number of aryl methyl sites for hydroxylation is 1. The van der Waals surface area contributed by atoms with Crippen molar-refractivity contribution >= 4 is 34.8 Å². The zero-order chi connectivity index (χ0) is 22.1. The molecule has 0 spiro atoms. The molecule has 2 heterocycles. The van der Waals surface area contributed by atoms with Gasteiger partial charge in [0.15, 0.2) is 0 Å². The molecule has 7 nitrogen and oxygen atoms in total. The van der Waals surface area contributed by atoms with Crippen LogP contribution in [0, 0.1) is 6.92 Å². The molecule has 1 aromatic heterocycles. The Balaban J connectivity index is 1.54. The molecule has 1 N–H and O–H groups in total. The molecule has 0 unspecified atom stereocenters. The van der Waals surface area contributed by atoms with Gasteiger partial charge in [-0.1, -0.05) is 35.9 Å². The van der Waals surface area contributed by atoms with Crippen molar-refractivity contribution in [1.82, 2.24) is 9.78 Å². The first-order chi connectivity index (χ1) is 14.8. The standard InChI is InChI=1S/C23H21ClN4O3/c1-14-7-8-17(12-18(14)24)25-21(29)13-27-22(30)10-9-19(26-27)23(31)28-15(2)11-16-5-3-4-6-20(16)28/h3-10,12,15H,11,13H2,1-2H3,(H,25,29)/t15-/m0/s1. The van der Waals surface area contributed by atoms with Gasteiger partial charge in [0.25, 0.3) is 11.5 Å². The van der Waals surface area contributed by atoms with Crippen LogP contribution in [0.1, 0.15) is 28.5 Å². The van der Waals surface area contributed by atoms with E-state index >= 15 is 0 Å². The van der Waals surface area contributed by atoms with Gasteiger partial charge < -0.3 is 10.2 Å². The van der Waals surface area contributed by atoms with E-state index in [2.05, 4.69) is 10.4 Å². The largest absolute Gasteiger partial charge is 0.324 e. The first-order valence-electron chi connectivity index (χ1n) is 9.89. The van der Waals surface area contributed by atoms with E-state index in [0.717, 1.165) is 27.9 Å². The Morgan fingerprint density at radius 1 is 1.16 bits per heavy atom. The number of halogens is 1. The van der Waals surface area contributed by atoms with Crippen molar-refractivity contribution < 1.29 is 9.59 Å². The van der Waals surface area contributed by atoms with Gasteiger partial charge in [0.1, 0.15) is 12.2 Å². The Morgan fingerprint density at radius 3 is 2.71 bits per heavy atom. The van der Waals surface area contributed by atoms with Gasteiger partial charge in [-0.3, -0.25) is 14.4 Å². The van der Waals surface area contributed by atoms with Gasteiger partial charge in [-0.15, -0.1) is 0 Å². The van der Waals surface area contributed by atoms with Gasteiger partial charge in [-0.25, -0.2) is 4.68 Å². The molecule has 0 saturated heterocycles. The van der Waals surface area contributed by atoms with Crippen LogP contribution >= 0.6 is 11.6 Å². The monoisotopic (exact) mass is 436 g/mol. The number of fused-ring (bicyclic) bond motifs is 1. The van der Waals surface area contributed by atoms with Crippen molar-refractivity contribution in [3.8, 4) is 0 Å². The summed E-state index contributed by atoms with van der Waals surface area (Å²) in [6, 6.07) is 15.5. The Hall–Kier alpha value is -3.45. The second kappa shape index (κ2) is 8.35. The first-order valence-corrected chi connectivity index (χ1v) is 10.3. The van der Waals surface area contributed by atoms with Crippen LogP contribution in [0.15, 0.2) is 59.4 Å². The summed E-state index contributed by atoms with van der Waals surface area (Å²) in [6.07, 6.45) is 0.753. The van der Waals surface area contributed by atoms with Gasteiger partial charge in [-0.2, -0.15) is 5.10 Å². The van der Waals surface area contributed by atoms with Crippen molar-refractivity contribution in [2.24, 2.45) is 0 Å². The van der Waals surface area contributed by atoms with E-state index < -0.39 is 11.5 Å². The highest BCUT2D eigenvalue weighted by molar-refractivity contribution is 6.31. The van der Waals surface area contributed by atoms with Crippen molar-refractivity contribution in [3.63, 3.8) is 0 Å². The average molecular weight is 437 g/mol. The summed E-state index contributed by atoms with van der Waals surface area (Å²) in [5.41, 5.74) is 2.98. The Labute approximate surface area is 184 Å². The number of nitrogens with zero attached hydrogens (tertiary/aromatic N) is 3. The number of nitrogens with one attached hydrogen (secondary N) is 1. The maximum atomic E-state index is 13.2. The number of para-hydroxylation sites is 1. The lowest BCUT2D eigenvalue weighted by Gasteiger charge is -2.22. The van der Waals surface area contributed by atoms with Crippen LogP contribution in [0.5, 0.6) is 0 Å². The summed E-state index contributed by atoms with van der Waals surface area (Å²) in [5.74, 6) is -0.754. The van der Waals surface area contributed by atoms with Crippen molar-refractivity contribution in [2.45, 2.75) is 32.9 Å². The van der Waals surface area contributed by atoms with Crippen LogP contribution in [0.2, 0.25) is 5.02 Å². The third-order valence-electron chi connectivity index (χ3n) is 5.26. The number of carbonyl (C=O) groups excluding carboxylic acids is 2. The van der Waals surface area contributed by atoms with E-state index in [1.54, 1.807) is 23.1 Å². The van der Waals surface area contributed by atoms with Crippen LogP contribution < -0.4 is 15.8 Å². The first kappa shape index (κ1) is 20.8.